The Hall–Kier alpha value is -3.00. The van der Waals surface area contributed by atoms with E-state index in [9.17, 15) is 9.59 Å². The molecule has 1 aromatic carbocycles. The molecule has 2 aromatic rings. The van der Waals surface area contributed by atoms with Crippen LogP contribution in [0.1, 0.15) is 32.0 Å². The number of imide groups is 1. The van der Waals surface area contributed by atoms with Crippen molar-refractivity contribution in [3.63, 3.8) is 0 Å². The highest BCUT2D eigenvalue weighted by molar-refractivity contribution is 6.21. The molecule has 0 aliphatic carbocycles. The fourth-order valence-corrected chi connectivity index (χ4v) is 2.15. The van der Waals surface area contributed by atoms with Crippen molar-refractivity contribution >= 4 is 11.8 Å². The van der Waals surface area contributed by atoms with E-state index in [-0.39, 0.29) is 18.4 Å². The van der Waals surface area contributed by atoms with Crippen LogP contribution in [0.4, 0.5) is 0 Å². The summed E-state index contributed by atoms with van der Waals surface area (Å²) in [6.07, 6.45) is 1.50. The molecular formula is C15H9N3O2. The highest BCUT2D eigenvalue weighted by Crippen LogP contribution is 2.23. The van der Waals surface area contributed by atoms with Crippen LogP contribution in [0.5, 0.6) is 0 Å². The molecule has 0 unspecified atom stereocenters. The third-order valence-corrected chi connectivity index (χ3v) is 3.16. The first-order valence-electron chi connectivity index (χ1n) is 6.01. The number of nitriles is 1. The van der Waals surface area contributed by atoms with Gasteiger partial charge in [0.15, 0.2) is 0 Å². The van der Waals surface area contributed by atoms with Crippen LogP contribution in [0, 0.1) is 11.3 Å². The van der Waals surface area contributed by atoms with Gasteiger partial charge >= 0.3 is 0 Å². The molecule has 0 fully saturated rings. The molecule has 0 radical (unpaired) electrons. The maximum atomic E-state index is 12.2. The zero-order valence-corrected chi connectivity index (χ0v) is 10.4. The van der Waals surface area contributed by atoms with Crippen molar-refractivity contribution in [3.05, 3.63) is 65.0 Å². The molecule has 5 heteroatoms. The van der Waals surface area contributed by atoms with E-state index >= 15 is 0 Å². The van der Waals surface area contributed by atoms with Crippen molar-refractivity contribution in [2.75, 3.05) is 0 Å². The Morgan fingerprint density at radius 1 is 1.05 bits per heavy atom. The number of pyridine rings is 1. The largest absolute Gasteiger partial charge is 0.270 e. The van der Waals surface area contributed by atoms with E-state index in [4.69, 9.17) is 5.26 Å². The van der Waals surface area contributed by atoms with Gasteiger partial charge in [0, 0.05) is 6.20 Å². The second kappa shape index (κ2) is 4.59. The zero-order chi connectivity index (χ0) is 14.1. The molecule has 5 nitrogen and oxygen atoms in total. The molecule has 96 valence electrons. The SMILES string of the molecule is N#Cc1ccc(CN2C(=O)c3ccccc3C2=O)cn1. The van der Waals surface area contributed by atoms with Crippen molar-refractivity contribution in [2.24, 2.45) is 0 Å². The first-order valence-corrected chi connectivity index (χ1v) is 6.01. The van der Waals surface area contributed by atoms with Gasteiger partial charge in [0.25, 0.3) is 11.8 Å². The third kappa shape index (κ3) is 1.84. The average Bonchev–Trinajstić information content (AvgIpc) is 2.74. The fraction of sp³-hybridized carbons (Fsp3) is 0.0667. The summed E-state index contributed by atoms with van der Waals surface area (Å²) in [5.74, 6) is -0.593. The number of benzene rings is 1. The van der Waals surface area contributed by atoms with Gasteiger partial charge in [0.1, 0.15) is 11.8 Å². The summed E-state index contributed by atoms with van der Waals surface area (Å²) in [4.78, 5) is 29.5. The topological polar surface area (TPSA) is 74.1 Å². The van der Waals surface area contributed by atoms with Gasteiger partial charge < -0.3 is 0 Å². The summed E-state index contributed by atoms with van der Waals surface area (Å²) in [6.45, 7) is 0.158. The molecule has 0 atom stereocenters. The van der Waals surface area contributed by atoms with Crippen LogP contribution in [0.15, 0.2) is 42.6 Å². The number of fused-ring (bicyclic) bond motifs is 1. The van der Waals surface area contributed by atoms with E-state index in [0.717, 1.165) is 0 Å². The third-order valence-electron chi connectivity index (χ3n) is 3.16. The maximum absolute atomic E-state index is 12.2. The Kier molecular flexibility index (Phi) is 2.77. The first kappa shape index (κ1) is 12.1. The van der Waals surface area contributed by atoms with E-state index in [0.29, 0.717) is 22.4 Å². The molecule has 0 N–H and O–H groups in total. The Morgan fingerprint density at radius 3 is 2.20 bits per heavy atom. The molecule has 1 aromatic heterocycles. The predicted octanol–water partition coefficient (Wildman–Crippen LogP) is 1.75. The second-order valence-electron chi connectivity index (χ2n) is 4.41. The predicted molar refractivity (Wildman–Crippen MR) is 69.6 cm³/mol. The lowest BCUT2D eigenvalue weighted by Crippen LogP contribution is -2.29. The van der Waals surface area contributed by atoms with E-state index in [1.54, 1.807) is 36.4 Å². The molecule has 3 rings (SSSR count). The molecule has 1 aliphatic heterocycles. The van der Waals surface area contributed by atoms with Crippen LogP contribution < -0.4 is 0 Å². The summed E-state index contributed by atoms with van der Waals surface area (Å²) in [6, 6.07) is 11.9. The highest BCUT2D eigenvalue weighted by atomic mass is 16.2. The van der Waals surface area contributed by atoms with Gasteiger partial charge in [-0.05, 0) is 23.8 Å². The quantitative estimate of drug-likeness (QED) is 0.773. The minimum Gasteiger partial charge on any atom is -0.270 e. The number of hydrogen-bond acceptors (Lipinski definition) is 4. The second-order valence-corrected chi connectivity index (χ2v) is 4.41. The molecule has 0 bridgehead atoms. The Morgan fingerprint density at radius 2 is 1.70 bits per heavy atom. The van der Waals surface area contributed by atoms with E-state index in [1.807, 2.05) is 6.07 Å². The van der Waals surface area contributed by atoms with E-state index in [1.165, 1.54) is 11.1 Å². The summed E-state index contributed by atoms with van der Waals surface area (Å²) in [5.41, 5.74) is 1.87. The number of aromatic nitrogens is 1. The van der Waals surface area contributed by atoms with Gasteiger partial charge in [-0.1, -0.05) is 18.2 Å². The standard InChI is InChI=1S/C15H9N3O2/c16-7-11-6-5-10(8-17-11)9-18-14(19)12-3-1-2-4-13(12)15(18)20/h1-6,8H,9H2. The number of amides is 2. The molecule has 0 saturated heterocycles. The smallest absolute Gasteiger partial charge is 0.261 e. The van der Waals surface area contributed by atoms with Crippen molar-refractivity contribution < 1.29 is 9.59 Å². The normalized spacial score (nSPS) is 13.2. The lowest BCUT2D eigenvalue weighted by Gasteiger charge is -2.13. The summed E-state index contributed by atoms with van der Waals surface area (Å²) >= 11 is 0. The van der Waals surface area contributed by atoms with Gasteiger partial charge in [0.2, 0.25) is 0 Å². The van der Waals surface area contributed by atoms with Crippen molar-refractivity contribution in [1.82, 2.24) is 9.88 Å². The average molecular weight is 263 g/mol. The van der Waals surface area contributed by atoms with Crippen molar-refractivity contribution in [3.8, 4) is 6.07 Å². The molecule has 0 spiro atoms. The maximum Gasteiger partial charge on any atom is 0.261 e. The number of rotatable bonds is 2. The Balaban J connectivity index is 1.88. The number of nitrogens with zero attached hydrogens (tertiary/aromatic N) is 3. The Bertz CT molecular complexity index is 709. The first-order chi connectivity index (χ1) is 9.70. The van der Waals surface area contributed by atoms with Crippen LogP contribution in [-0.4, -0.2) is 21.7 Å². The molecular weight excluding hydrogens is 254 g/mol. The van der Waals surface area contributed by atoms with Crippen LogP contribution in [0.3, 0.4) is 0 Å². The highest BCUT2D eigenvalue weighted by Gasteiger charge is 2.34. The number of carbonyl (C=O) groups is 2. The van der Waals surface area contributed by atoms with Crippen LogP contribution in [-0.2, 0) is 6.54 Å². The van der Waals surface area contributed by atoms with E-state index in [2.05, 4.69) is 4.98 Å². The fourth-order valence-electron chi connectivity index (χ4n) is 2.15. The molecule has 2 amide bonds. The van der Waals surface area contributed by atoms with Crippen LogP contribution in [0.25, 0.3) is 0 Å². The van der Waals surface area contributed by atoms with Gasteiger partial charge in [-0.3, -0.25) is 14.5 Å². The summed E-state index contributed by atoms with van der Waals surface area (Å²) < 4.78 is 0. The zero-order valence-electron chi connectivity index (χ0n) is 10.4. The molecule has 2 heterocycles. The van der Waals surface area contributed by atoms with Gasteiger partial charge in [-0.2, -0.15) is 5.26 Å². The molecule has 0 saturated carbocycles. The minimum absolute atomic E-state index is 0.158. The lowest BCUT2D eigenvalue weighted by molar-refractivity contribution is 0.0642. The van der Waals surface area contributed by atoms with Gasteiger partial charge in [0.05, 0.1) is 17.7 Å². The summed E-state index contributed by atoms with van der Waals surface area (Å²) in [5, 5.41) is 8.68. The lowest BCUT2D eigenvalue weighted by atomic mass is 10.1. The molecule has 1 aliphatic rings. The monoisotopic (exact) mass is 263 g/mol. The number of carbonyl (C=O) groups excluding carboxylic acids is 2. The Labute approximate surface area is 115 Å². The molecule has 20 heavy (non-hydrogen) atoms. The van der Waals surface area contributed by atoms with Crippen molar-refractivity contribution in [1.29, 1.82) is 5.26 Å². The number of hydrogen-bond donors (Lipinski definition) is 0. The van der Waals surface area contributed by atoms with Crippen LogP contribution >= 0.6 is 0 Å². The van der Waals surface area contributed by atoms with Crippen LogP contribution in [0.2, 0.25) is 0 Å². The van der Waals surface area contributed by atoms with Gasteiger partial charge in [-0.25, -0.2) is 4.98 Å². The van der Waals surface area contributed by atoms with Crippen molar-refractivity contribution in [2.45, 2.75) is 6.54 Å². The summed E-state index contributed by atoms with van der Waals surface area (Å²) in [7, 11) is 0. The van der Waals surface area contributed by atoms with E-state index < -0.39 is 0 Å². The van der Waals surface area contributed by atoms with Gasteiger partial charge in [-0.15, -0.1) is 0 Å². The minimum atomic E-state index is -0.296.